The fourth-order valence-electron chi connectivity index (χ4n) is 2.45. The number of rotatable bonds is 1. The van der Waals surface area contributed by atoms with Gasteiger partial charge in [0.2, 0.25) is 0 Å². The summed E-state index contributed by atoms with van der Waals surface area (Å²) in [6, 6.07) is 10.9. The van der Waals surface area contributed by atoms with E-state index in [1.54, 1.807) is 27.1 Å². The number of nitrogens with zero attached hydrogens (tertiary/aromatic N) is 3. The van der Waals surface area contributed by atoms with Crippen molar-refractivity contribution in [2.45, 2.75) is 0 Å². The molecule has 4 rings (SSSR count). The zero-order chi connectivity index (χ0) is 13.7. The van der Waals surface area contributed by atoms with Crippen LogP contribution in [-0.4, -0.2) is 16.0 Å². The van der Waals surface area contributed by atoms with E-state index in [0.717, 1.165) is 0 Å². The molecule has 0 saturated heterocycles. The molecule has 0 unspecified atom stereocenters. The van der Waals surface area contributed by atoms with E-state index in [9.17, 15) is 9.90 Å². The zero-order valence-corrected chi connectivity index (χ0v) is 10.3. The summed E-state index contributed by atoms with van der Waals surface area (Å²) in [7, 11) is 0. The molecule has 1 aliphatic heterocycles. The van der Waals surface area contributed by atoms with Crippen molar-refractivity contribution in [1.29, 1.82) is 0 Å². The van der Waals surface area contributed by atoms with Crippen molar-refractivity contribution in [1.82, 2.24) is 4.98 Å². The molecule has 3 aromatic heterocycles. The molecule has 1 amide bonds. The Morgan fingerprint density at radius 1 is 1.10 bits per heavy atom. The summed E-state index contributed by atoms with van der Waals surface area (Å²) in [5.74, 6) is -0.428. The number of hydrogen-bond donors (Lipinski definition) is 2. The SMILES string of the molecule is O=C1N=c2cccc[n+]2=C1c1c(O)[nH]c2cccc[n+]12. The molecule has 0 spiro atoms. The molecule has 20 heavy (non-hydrogen) atoms. The highest BCUT2D eigenvalue weighted by Gasteiger charge is 2.38. The number of carbonyl (C=O) groups excluding carboxylic acids is 1. The number of aromatic amines is 1. The van der Waals surface area contributed by atoms with Crippen LogP contribution in [0, 0.1) is 5.71 Å². The lowest BCUT2D eigenvalue weighted by Crippen LogP contribution is -2.39. The van der Waals surface area contributed by atoms with Crippen molar-refractivity contribution in [3.05, 3.63) is 65.7 Å². The van der Waals surface area contributed by atoms with Crippen LogP contribution in [0.5, 0.6) is 5.88 Å². The zero-order valence-electron chi connectivity index (χ0n) is 10.3. The molecule has 4 heterocycles. The second kappa shape index (κ2) is 3.74. The minimum atomic E-state index is -0.372. The molecule has 96 valence electrons. The van der Waals surface area contributed by atoms with Crippen LogP contribution in [0.15, 0.2) is 53.8 Å². The Bertz CT molecular complexity index is 988. The van der Waals surface area contributed by atoms with Gasteiger partial charge in [-0.1, -0.05) is 12.1 Å². The van der Waals surface area contributed by atoms with Crippen LogP contribution in [0.2, 0.25) is 0 Å². The monoisotopic (exact) mass is 266 g/mol. The molecule has 0 atom stereocenters. The average Bonchev–Trinajstić information content (AvgIpc) is 2.94. The van der Waals surface area contributed by atoms with Gasteiger partial charge in [-0.05, 0) is 12.1 Å². The first kappa shape index (κ1) is 10.9. The van der Waals surface area contributed by atoms with Crippen LogP contribution in [0.3, 0.4) is 0 Å². The number of fused-ring (bicyclic) bond motifs is 2. The third-order valence-corrected chi connectivity index (χ3v) is 3.29. The van der Waals surface area contributed by atoms with Gasteiger partial charge < -0.3 is 5.11 Å². The van der Waals surface area contributed by atoms with Gasteiger partial charge in [0.25, 0.3) is 17.1 Å². The summed E-state index contributed by atoms with van der Waals surface area (Å²) in [6.07, 6.45) is 3.53. The average molecular weight is 266 g/mol. The lowest BCUT2D eigenvalue weighted by atomic mass is 10.2. The number of nitrogens with one attached hydrogen (secondary N) is 1. The fourth-order valence-corrected chi connectivity index (χ4v) is 2.45. The van der Waals surface area contributed by atoms with Crippen molar-refractivity contribution >= 4 is 11.6 Å². The number of aromatic hydroxyl groups is 1. The van der Waals surface area contributed by atoms with Crippen LogP contribution in [0.25, 0.3) is 5.65 Å². The highest BCUT2D eigenvalue weighted by atomic mass is 16.3. The number of H-pyrrole nitrogens is 1. The quantitative estimate of drug-likeness (QED) is 0.573. The van der Waals surface area contributed by atoms with Crippen molar-refractivity contribution in [3.63, 3.8) is 0 Å². The van der Waals surface area contributed by atoms with Gasteiger partial charge in [-0.25, -0.2) is 9.78 Å². The number of imidazole rings is 1. The van der Waals surface area contributed by atoms with Gasteiger partial charge in [-0.3, -0.25) is 0 Å². The summed E-state index contributed by atoms with van der Waals surface area (Å²) in [4.78, 5) is 19.0. The maximum atomic E-state index is 12.2. The number of pyridine rings is 2. The largest absolute Gasteiger partial charge is 0.475 e. The van der Waals surface area contributed by atoms with E-state index < -0.39 is 0 Å². The van der Waals surface area contributed by atoms with E-state index >= 15 is 0 Å². The molecule has 0 bridgehead atoms. The van der Waals surface area contributed by atoms with Gasteiger partial charge in [0.15, 0.2) is 0 Å². The van der Waals surface area contributed by atoms with Gasteiger partial charge in [0.05, 0.1) is 12.4 Å². The van der Waals surface area contributed by atoms with E-state index in [1.807, 2.05) is 30.3 Å². The molecule has 1 aliphatic rings. The van der Waals surface area contributed by atoms with Crippen LogP contribution in [0.1, 0.15) is 5.69 Å². The highest BCUT2D eigenvalue weighted by molar-refractivity contribution is 5.91. The van der Waals surface area contributed by atoms with E-state index in [-0.39, 0.29) is 11.8 Å². The molecule has 6 nitrogen and oxygen atoms in total. The Morgan fingerprint density at radius 3 is 2.80 bits per heavy atom. The standard InChI is InChI=1S/C14H8N4O2/c19-13-11(17-7-3-1-5-9(17)15-13)12-14(20)16-10-6-2-4-8-18(10)12/h1-8H/p+2. The predicted octanol–water partition coefficient (Wildman–Crippen LogP) is -0.665. The van der Waals surface area contributed by atoms with Crippen molar-refractivity contribution in [3.8, 4) is 5.88 Å². The van der Waals surface area contributed by atoms with Gasteiger partial charge in [-0.15, -0.1) is 0 Å². The molecule has 3 aromatic rings. The normalized spacial score (nSPS) is 13.6. The Kier molecular flexibility index (Phi) is 2.03. The van der Waals surface area contributed by atoms with Gasteiger partial charge in [-0.2, -0.15) is 8.64 Å². The Morgan fingerprint density at radius 2 is 1.90 bits per heavy atom. The molecule has 0 saturated carbocycles. The minimum Gasteiger partial charge on any atom is -0.475 e. The number of hydrogen-bond acceptors (Lipinski definition) is 2. The van der Waals surface area contributed by atoms with E-state index in [1.165, 1.54) is 0 Å². The second-order valence-electron chi connectivity index (χ2n) is 4.47. The molecule has 0 aliphatic carbocycles. The van der Waals surface area contributed by atoms with Crippen molar-refractivity contribution in [2.75, 3.05) is 0 Å². The van der Waals surface area contributed by atoms with Crippen molar-refractivity contribution in [2.24, 2.45) is 4.99 Å². The number of amides is 1. The van der Waals surface area contributed by atoms with Crippen LogP contribution >= 0.6 is 0 Å². The van der Waals surface area contributed by atoms with Crippen LogP contribution in [0.4, 0.5) is 0 Å². The minimum absolute atomic E-state index is 0.0565. The van der Waals surface area contributed by atoms with E-state index in [4.69, 9.17) is 0 Å². The third kappa shape index (κ3) is 1.33. The first-order valence-electron chi connectivity index (χ1n) is 6.11. The summed E-state index contributed by atoms with van der Waals surface area (Å²) >= 11 is 0. The number of aromatic nitrogens is 3. The number of carbonyl (C=O) groups is 1. The summed E-state index contributed by atoms with van der Waals surface area (Å²) in [5.41, 5.74) is 1.99. The van der Waals surface area contributed by atoms with Gasteiger partial charge in [0.1, 0.15) is 0 Å². The lowest BCUT2D eigenvalue weighted by Gasteiger charge is -1.90. The molecular formula is C14H10N4O2+2. The Hall–Kier alpha value is -3.02. The van der Waals surface area contributed by atoms with E-state index in [0.29, 0.717) is 22.5 Å². The van der Waals surface area contributed by atoms with Crippen molar-refractivity contribution < 1.29 is 18.5 Å². The molecule has 0 radical (unpaired) electrons. The summed E-state index contributed by atoms with van der Waals surface area (Å²) in [5, 5.41) is 10.1. The Labute approximate surface area is 112 Å². The maximum Gasteiger partial charge on any atom is 0.427 e. The first-order valence-corrected chi connectivity index (χ1v) is 6.11. The van der Waals surface area contributed by atoms with Crippen LogP contribution < -0.4 is 14.1 Å². The van der Waals surface area contributed by atoms with E-state index in [2.05, 4.69) is 9.98 Å². The summed E-state index contributed by atoms with van der Waals surface area (Å²) < 4.78 is 3.40. The Balaban J connectivity index is 2.19. The second-order valence-corrected chi connectivity index (χ2v) is 4.47. The molecule has 0 fully saturated rings. The highest BCUT2D eigenvalue weighted by Crippen LogP contribution is 2.17. The predicted molar refractivity (Wildman–Crippen MR) is 66.2 cm³/mol. The van der Waals surface area contributed by atoms with Gasteiger partial charge in [0, 0.05) is 17.1 Å². The lowest BCUT2D eigenvalue weighted by molar-refractivity contribution is -0.561. The van der Waals surface area contributed by atoms with Crippen LogP contribution in [-0.2, 0) is 4.79 Å². The topological polar surface area (TPSA) is 75.4 Å². The molecule has 6 heteroatoms. The third-order valence-electron chi connectivity index (χ3n) is 3.29. The fraction of sp³-hybridized carbons (Fsp3) is 0. The summed E-state index contributed by atoms with van der Waals surface area (Å²) in [6.45, 7) is 0. The maximum absolute atomic E-state index is 12.2. The van der Waals surface area contributed by atoms with Gasteiger partial charge >= 0.3 is 17.3 Å². The first-order chi connectivity index (χ1) is 9.75. The smallest absolute Gasteiger partial charge is 0.427 e. The molecular weight excluding hydrogens is 256 g/mol. The molecule has 0 aromatic carbocycles. The molecule has 2 N–H and O–H groups in total.